The van der Waals surface area contributed by atoms with E-state index in [-0.39, 0.29) is 0 Å². The molecule has 3 aliphatic rings. The van der Waals surface area contributed by atoms with Crippen LogP contribution in [-0.4, -0.2) is 52.6 Å². The first-order chi connectivity index (χ1) is 14.7. The fourth-order valence-corrected chi connectivity index (χ4v) is 6.14. The van der Waals surface area contributed by atoms with Gasteiger partial charge in [0.05, 0.1) is 0 Å². The molecule has 3 aliphatic heterocycles. The van der Waals surface area contributed by atoms with Crippen molar-refractivity contribution in [2.75, 3.05) is 42.3 Å². The minimum atomic E-state index is -1.01. The maximum atomic E-state index is 12.6. The van der Waals surface area contributed by atoms with Crippen LogP contribution in [0.2, 0.25) is 5.02 Å². The van der Waals surface area contributed by atoms with Crippen molar-refractivity contribution >= 4 is 34.5 Å². The quantitative estimate of drug-likeness (QED) is 0.720. The van der Waals surface area contributed by atoms with Gasteiger partial charge in [-0.1, -0.05) is 23.7 Å². The third kappa shape index (κ3) is 4.26. The van der Waals surface area contributed by atoms with Crippen molar-refractivity contribution in [1.29, 1.82) is 0 Å². The molecule has 1 N–H and O–H groups in total. The highest BCUT2D eigenvalue weighted by Gasteiger charge is 2.34. The van der Waals surface area contributed by atoms with Crippen LogP contribution in [0.25, 0.3) is 0 Å². The molecule has 1 aromatic carbocycles. The lowest BCUT2D eigenvalue weighted by Gasteiger charge is -2.33. The van der Waals surface area contributed by atoms with Crippen LogP contribution in [0.4, 0.5) is 11.8 Å². The summed E-state index contributed by atoms with van der Waals surface area (Å²) in [4.78, 5) is 12.8. The number of ether oxygens (including phenoxy) is 1. The fourth-order valence-electron chi connectivity index (χ4n) is 4.63. The van der Waals surface area contributed by atoms with E-state index in [9.17, 15) is 4.55 Å². The normalized spacial score (nSPS) is 22.9. The van der Waals surface area contributed by atoms with Gasteiger partial charge in [0.2, 0.25) is 10.8 Å². The molecule has 0 radical (unpaired) electrons. The van der Waals surface area contributed by atoms with Gasteiger partial charge in [0, 0.05) is 43.8 Å². The van der Waals surface area contributed by atoms with E-state index in [1.807, 2.05) is 12.1 Å². The van der Waals surface area contributed by atoms with Crippen molar-refractivity contribution in [2.24, 2.45) is 0 Å². The van der Waals surface area contributed by atoms with Crippen LogP contribution in [-0.2, 0) is 22.3 Å². The molecular weight excluding hydrogens is 420 g/mol. The zero-order chi connectivity index (χ0) is 20.5. The van der Waals surface area contributed by atoms with Gasteiger partial charge in [-0.2, -0.15) is 4.98 Å². The molecule has 6 nitrogen and oxygen atoms in total. The lowest BCUT2D eigenvalue weighted by atomic mass is 9.89. The number of hydrogen-bond donors (Lipinski definition) is 1. The lowest BCUT2D eigenvalue weighted by molar-refractivity contribution is 0.0903. The third-order valence-electron chi connectivity index (χ3n) is 6.34. The number of halogens is 1. The smallest absolute Gasteiger partial charge is 0.227 e. The van der Waals surface area contributed by atoms with Crippen molar-refractivity contribution in [2.45, 2.75) is 49.0 Å². The maximum absolute atomic E-state index is 12.6. The molecule has 1 atom stereocenters. The monoisotopic (exact) mass is 446 g/mol. The van der Waals surface area contributed by atoms with Crippen LogP contribution in [0.5, 0.6) is 0 Å². The Labute approximate surface area is 185 Å². The zero-order valence-corrected chi connectivity index (χ0v) is 18.6. The molecule has 4 heterocycles. The number of nitrogens with one attached hydrogen (secondary N) is 1. The van der Waals surface area contributed by atoms with Crippen LogP contribution >= 0.6 is 11.6 Å². The molecule has 2 saturated heterocycles. The number of nitrogens with zero attached hydrogens (tertiary/aromatic N) is 3. The predicted octanol–water partition coefficient (Wildman–Crippen LogP) is 3.77. The zero-order valence-electron chi connectivity index (χ0n) is 17.0. The van der Waals surface area contributed by atoms with Crippen molar-refractivity contribution in [1.82, 2.24) is 9.97 Å². The largest absolute Gasteiger partial charge is 0.611 e. The van der Waals surface area contributed by atoms with Crippen molar-refractivity contribution in [3.63, 3.8) is 0 Å². The maximum Gasteiger partial charge on any atom is 0.227 e. The first kappa shape index (κ1) is 20.4. The molecule has 0 spiro atoms. The number of anilines is 2. The molecule has 160 valence electrons. The van der Waals surface area contributed by atoms with Gasteiger partial charge in [0.1, 0.15) is 11.4 Å². The van der Waals surface area contributed by atoms with Crippen LogP contribution in [0.15, 0.2) is 29.2 Å². The van der Waals surface area contributed by atoms with E-state index in [4.69, 9.17) is 26.3 Å². The van der Waals surface area contributed by atoms with Gasteiger partial charge >= 0.3 is 0 Å². The highest BCUT2D eigenvalue weighted by atomic mass is 35.5. The summed E-state index contributed by atoms with van der Waals surface area (Å²) < 4.78 is 18.1. The van der Waals surface area contributed by atoms with E-state index in [1.54, 1.807) is 0 Å². The number of piperidine rings is 1. The van der Waals surface area contributed by atoms with Gasteiger partial charge < -0.3 is 19.5 Å². The van der Waals surface area contributed by atoms with E-state index >= 15 is 0 Å². The number of fused-ring (bicyclic) bond motifs is 1. The second-order valence-electron chi connectivity index (χ2n) is 8.29. The Morgan fingerprint density at radius 3 is 2.70 bits per heavy atom. The van der Waals surface area contributed by atoms with Gasteiger partial charge in [0.25, 0.3) is 0 Å². The van der Waals surface area contributed by atoms with Crippen molar-refractivity contribution < 1.29 is 9.29 Å². The SMILES string of the molecule is [O-][S+]1CCc2nc(N3CCC(c4cccc(Cl)c4)CC3)nc(NC3CCOCC3)c21. The van der Waals surface area contributed by atoms with Crippen molar-refractivity contribution in [3.8, 4) is 0 Å². The minimum absolute atomic E-state index is 0.316. The Balaban J connectivity index is 1.34. The molecule has 1 aromatic heterocycles. The standard InChI is InChI=1S/C22H27ClN4O2S/c23-17-3-1-2-16(14-17)15-4-9-27(10-5-15)22-25-19-8-13-30(28)20(19)21(26-22)24-18-6-11-29-12-7-18/h1-3,14-15,18H,4-13H2,(H,24,25,26). The van der Waals surface area contributed by atoms with E-state index in [0.29, 0.717) is 17.7 Å². The van der Waals surface area contributed by atoms with Crippen LogP contribution in [0.3, 0.4) is 0 Å². The van der Waals surface area contributed by atoms with E-state index in [1.165, 1.54) is 5.56 Å². The molecular formula is C22H27ClN4O2S. The summed E-state index contributed by atoms with van der Waals surface area (Å²) in [6, 6.07) is 8.52. The van der Waals surface area contributed by atoms with Crippen LogP contribution < -0.4 is 10.2 Å². The van der Waals surface area contributed by atoms with Crippen LogP contribution in [0, 0.1) is 0 Å². The molecule has 0 aliphatic carbocycles. The summed E-state index contributed by atoms with van der Waals surface area (Å²) in [7, 11) is 0. The summed E-state index contributed by atoms with van der Waals surface area (Å²) in [5.74, 6) is 2.70. The Kier molecular flexibility index (Phi) is 6.05. The van der Waals surface area contributed by atoms with E-state index < -0.39 is 11.2 Å². The average Bonchev–Trinajstić information content (AvgIpc) is 3.16. The number of hydrogen-bond acceptors (Lipinski definition) is 6. The Bertz CT molecular complexity index is 901. The highest BCUT2D eigenvalue weighted by Crippen LogP contribution is 2.35. The number of aryl methyl sites for hydroxylation is 1. The second kappa shape index (κ2) is 8.91. The molecule has 30 heavy (non-hydrogen) atoms. The van der Waals surface area contributed by atoms with Gasteiger partial charge in [-0.3, -0.25) is 0 Å². The Morgan fingerprint density at radius 2 is 1.93 bits per heavy atom. The number of rotatable bonds is 4. The number of benzene rings is 1. The number of aromatic nitrogens is 2. The van der Waals surface area contributed by atoms with Gasteiger partial charge in [0.15, 0.2) is 5.82 Å². The second-order valence-corrected chi connectivity index (χ2v) is 10.2. The Hall–Kier alpha value is -1.54. The molecule has 0 bridgehead atoms. The average molecular weight is 447 g/mol. The molecule has 2 aromatic rings. The van der Waals surface area contributed by atoms with Gasteiger partial charge in [-0.15, -0.1) is 0 Å². The molecule has 8 heteroatoms. The first-order valence-electron chi connectivity index (χ1n) is 10.8. The first-order valence-corrected chi connectivity index (χ1v) is 12.5. The molecule has 1 unspecified atom stereocenters. The summed E-state index contributed by atoms with van der Waals surface area (Å²) in [6.45, 7) is 3.35. The lowest BCUT2D eigenvalue weighted by Crippen LogP contribution is -2.35. The topological polar surface area (TPSA) is 73.3 Å². The van der Waals surface area contributed by atoms with E-state index in [2.05, 4.69) is 22.3 Å². The van der Waals surface area contributed by atoms with Gasteiger partial charge in [-0.05, 0) is 60.5 Å². The molecule has 0 saturated carbocycles. The summed E-state index contributed by atoms with van der Waals surface area (Å²) in [5, 5.41) is 4.37. The molecule has 0 amide bonds. The summed E-state index contributed by atoms with van der Waals surface area (Å²) in [6.07, 6.45) is 4.77. The summed E-state index contributed by atoms with van der Waals surface area (Å²) in [5.41, 5.74) is 2.26. The molecule has 5 rings (SSSR count). The van der Waals surface area contributed by atoms with E-state index in [0.717, 1.165) is 85.8 Å². The minimum Gasteiger partial charge on any atom is -0.611 e. The van der Waals surface area contributed by atoms with Crippen molar-refractivity contribution in [3.05, 3.63) is 40.5 Å². The van der Waals surface area contributed by atoms with Gasteiger partial charge in [-0.25, -0.2) is 4.98 Å². The Morgan fingerprint density at radius 1 is 1.13 bits per heavy atom. The third-order valence-corrected chi connectivity index (χ3v) is 8.03. The van der Waals surface area contributed by atoms with Crippen LogP contribution in [0.1, 0.15) is 42.9 Å². The predicted molar refractivity (Wildman–Crippen MR) is 120 cm³/mol. The fraction of sp³-hybridized carbons (Fsp3) is 0.545. The molecule has 2 fully saturated rings. The summed E-state index contributed by atoms with van der Waals surface area (Å²) >= 11 is 5.17. The highest BCUT2D eigenvalue weighted by molar-refractivity contribution is 7.91.